The normalized spacial score (nSPS) is 15.2. The molecule has 0 saturated carbocycles. The van der Waals surface area contributed by atoms with Crippen molar-refractivity contribution in [1.82, 2.24) is 0 Å². The van der Waals surface area contributed by atoms with Gasteiger partial charge in [-0.15, -0.1) is 0 Å². The quantitative estimate of drug-likeness (QED) is 0.662. The summed E-state index contributed by atoms with van der Waals surface area (Å²) in [6, 6.07) is 2.65. The third kappa shape index (κ3) is 2.25. The average Bonchev–Trinajstić information content (AvgIpc) is 2.19. The van der Waals surface area contributed by atoms with E-state index in [1.807, 2.05) is 0 Å². The predicted octanol–water partition coefficient (Wildman–Crippen LogP) is 0.318. The third-order valence-corrected chi connectivity index (χ3v) is 1.88. The van der Waals surface area contributed by atoms with Crippen LogP contribution in [0.2, 0.25) is 0 Å². The first-order valence-electron chi connectivity index (χ1n) is 4.07. The van der Waals surface area contributed by atoms with Crippen molar-refractivity contribution < 1.29 is 19.0 Å². The molecule has 0 fully saturated rings. The summed E-state index contributed by atoms with van der Waals surface area (Å²) in [5.41, 5.74) is 4.78. The van der Waals surface area contributed by atoms with Gasteiger partial charge in [-0.25, -0.2) is 8.78 Å². The number of hydrogen-bond acceptors (Lipinski definition) is 3. The van der Waals surface area contributed by atoms with Crippen molar-refractivity contribution in [2.24, 2.45) is 5.73 Å². The lowest BCUT2D eigenvalue weighted by Gasteiger charge is -2.16. The highest BCUT2D eigenvalue weighted by Gasteiger charge is 2.20. The van der Waals surface area contributed by atoms with Crippen molar-refractivity contribution in [3.8, 4) is 0 Å². The molecule has 0 bridgehead atoms. The van der Waals surface area contributed by atoms with E-state index in [4.69, 9.17) is 10.8 Å². The van der Waals surface area contributed by atoms with Gasteiger partial charge in [0.15, 0.2) is 0 Å². The minimum atomic E-state index is -1.50. The summed E-state index contributed by atoms with van der Waals surface area (Å²) in [4.78, 5) is 0. The van der Waals surface area contributed by atoms with Crippen molar-refractivity contribution in [2.75, 3.05) is 6.54 Å². The summed E-state index contributed by atoms with van der Waals surface area (Å²) in [5.74, 6) is -1.45. The fourth-order valence-electron chi connectivity index (χ4n) is 1.08. The lowest BCUT2D eigenvalue weighted by molar-refractivity contribution is 0.0220. The number of nitrogens with two attached hydrogens (primary N) is 1. The number of aliphatic hydroxyl groups is 2. The van der Waals surface area contributed by atoms with Gasteiger partial charge in [-0.3, -0.25) is 0 Å². The van der Waals surface area contributed by atoms with Crippen molar-refractivity contribution in [2.45, 2.75) is 12.2 Å². The third-order valence-electron chi connectivity index (χ3n) is 1.88. The van der Waals surface area contributed by atoms with Crippen LogP contribution in [0.15, 0.2) is 18.2 Å². The summed E-state index contributed by atoms with van der Waals surface area (Å²) in [5, 5.41) is 18.5. The molecule has 3 nitrogen and oxygen atoms in total. The largest absolute Gasteiger partial charge is 0.389 e. The van der Waals surface area contributed by atoms with Crippen LogP contribution < -0.4 is 5.73 Å². The Morgan fingerprint density at radius 2 is 1.93 bits per heavy atom. The SMILES string of the molecule is NCC(O)C(O)c1cc(F)ccc1F. The molecule has 0 amide bonds. The molecule has 78 valence electrons. The molecule has 4 N–H and O–H groups in total. The Bertz CT molecular complexity index is 320. The number of hydrogen-bond donors (Lipinski definition) is 3. The predicted molar refractivity (Wildman–Crippen MR) is 46.4 cm³/mol. The van der Waals surface area contributed by atoms with Crippen LogP contribution in [-0.2, 0) is 0 Å². The average molecular weight is 203 g/mol. The van der Waals surface area contributed by atoms with Gasteiger partial charge in [0.05, 0.1) is 6.10 Å². The van der Waals surface area contributed by atoms with Gasteiger partial charge in [-0.05, 0) is 18.2 Å². The van der Waals surface area contributed by atoms with Crippen LogP contribution in [0.3, 0.4) is 0 Å². The summed E-state index contributed by atoms with van der Waals surface area (Å²) >= 11 is 0. The lowest BCUT2D eigenvalue weighted by Crippen LogP contribution is -2.27. The van der Waals surface area contributed by atoms with E-state index in [0.717, 1.165) is 18.2 Å². The minimum absolute atomic E-state index is 0.225. The van der Waals surface area contributed by atoms with Gasteiger partial charge in [0.25, 0.3) is 0 Å². The second kappa shape index (κ2) is 4.45. The van der Waals surface area contributed by atoms with Gasteiger partial charge in [0.2, 0.25) is 0 Å². The van der Waals surface area contributed by atoms with E-state index in [9.17, 15) is 13.9 Å². The summed E-state index contributed by atoms with van der Waals surface area (Å²) in [6.07, 6.45) is -2.80. The summed E-state index contributed by atoms with van der Waals surface area (Å²) < 4.78 is 25.7. The van der Waals surface area contributed by atoms with Crippen molar-refractivity contribution in [3.05, 3.63) is 35.4 Å². The molecule has 5 heteroatoms. The molecule has 14 heavy (non-hydrogen) atoms. The molecule has 0 aromatic heterocycles. The maximum Gasteiger partial charge on any atom is 0.129 e. The molecular weight excluding hydrogens is 192 g/mol. The Morgan fingerprint density at radius 3 is 2.50 bits per heavy atom. The number of benzene rings is 1. The number of aliphatic hydroxyl groups excluding tert-OH is 2. The number of rotatable bonds is 3. The lowest BCUT2D eigenvalue weighted by atomic mass is 10.0. The van der Waals surface area contributed by atoms with Crippen LogP contribution in [0.25, 0.3) is 0 Å². The molecule has 0 aliphatic carbocycles. The molecule has 1 aromatic carbocycles. The second-order valence-corrected chi connectivity index (χ2v) is 2.91. The zero-order valence-electron chi connectivity index (χ0n) is 7.32. The van der Waals surface area contributed by atoms with Crippen LogP contribution in [0.4, 0.5) is 8.78 Å². The van der Waals surface area contributed by atoms with Crippen molar-refractivity contribution >= 4 is 0 Å². The van der Waals surface area contributed by atoms with Gasteiger partial charge >= 0.3 is 0 Å². The Labute approximate surface area is 79.8 Å². The first kappa shape index (κ1) is 11.0. The van der Waals surface area contributed by atoms with E-state index in [1.165, 1.54) is 0 Å². The van der Waals surface area contributed by atoms with E-state index in [1.54, 1.807) is 0 Å². The fraction of sp³-hybridized carbons (Fsp3) is 0.333. The maximum atomic E-state index is 13.0. The molecule has 2 unspecified atom stereocenters. The Hall–Kier alpha value is -1.04. The zero-order valence-corrected chi connectivity index (χ0v) is 7.32. The Kier molecular flexibility index (Phi) is 3.51. The first-order chi connectivity index (χ1) is 6.56. The van der Waals surface area contributed by atoms with Crippen LogP contribution in [0, 0.1) is 11.6 Å². The Morgan fingerprint density at radius 1 is 1.29 bits per heavy atom. The first-order valence-corrected chi connectivity index (χ1v) is 4.07. The van der Waals surface area contributed by atoms with Crippen LogP contribution in [0.1, 0.15) is 11.7 Å². The van der Waals surface area contributed by atoms with E-state index in [0.29, 0.717) is 0 Å². The second-order valence-electron chi connectivity index (χ2n) is 2.91. The Balaban J connectivity index is 2.99. The van der Waals surface area contributed by atoms with E-state index >= 15 is 0 Å². The van der Waals surface area contributed by atoms with E-state index in [2.05, 4.69) is 0 Å². The van der Waals surface area contributed by atoms with Gasteiger partial charge in [-0.2, -0.15) is 0 Å². The highest BCUT2D eigenvalue weighted by atomic mass is 19.1. The monoisotopic (exact) mass is 203 g/mol. The molecule has 0 aliphatic rings. The topological polar surface area (TPSA) is 66.5 Å². The molecule has 2 atom stereocenters. The molecule has 0 saturated heterocycles. The molecule has 0 aliphatic heterocycles. The van der Waals surface area contributed by atoms with Crippen LogP contribution >= 0.6 is 0 Å². The smallest absolute Gasteiger partial charge is 0.129 e. The summed E-state index contributed by atoms with van der Waals surface area (Å²) in [6.45, 7) is -0.225. The van der Waals surface area contributed by atoms with Crippen molar-refractivity contribution in [1.29, 1.82) is 0 Å². The van der Waals surface area contributed by atoms with E-state index in [-0.39, 0.29) is 12.1 Å². The molecule has 0 heterocycles. The van der Waals surface area contributed by atoms with Gasteiger partial charge in [0.1, 0.15) is 17.7 Å². The van der Waals surface area contributed by atoms with E-state index < -0.39 is 23.8 Å². The molecule has 1 aromatic rings. The van der Waals surface area contributed by atoms with Gasteiger partial charge < -0.3 is 15.9 Å². The van der Waals surface area contributed by atoms with Gasteiger partial charge in [-0.1, -0.05) is 0 Å². The molecule has 0 radical (unpaired) electrons. The van der Waals surface area contributed by atoms with Gasteiger partial charge in [0, 0.05) is 12.1 Å². The maximum absolute atomic E-state index is 13.0. The molecule has 0 spiro atoms. The van der Waals surface area contributed by atoms with Crippen LogP contribution in [-0.4, -0.2) is 22.9 Å². The molecule has 1 rings (SSSR count). The zero-order chi connectivity index (χ0) is 10.7. The minimum Gasteiger partial charge on any atom is -0.389 e. The number of halogens is 2. The standard InChI is InChI=1S/C9H11F2NO2/c10-5-1-2-7(11)6(3-5)9(14)8(13)4-12/h1-3,8-9,13-14H,4,12H2. The van der Waals surface area contributed by atoms with Crippen LogP contribution in [0.5, 0.6) is 0 Å². The highest BCUT2D eigenvalue weighted by molar-refractivity contribution is 5.21. The van der Waals surface area contributed by atoms with Crippen molar-refractivity contribution in [3.63, 3.8) is 0 Å². The molecular formula is C9H11F2NO2. The summed E-state index contributed by atoms with van der Waals surface area (Å²) in [7, 11) is 0. The fourth-order valence-corrected chi connectivity index (χ4v) is 1.08. The highest BCUT2D eigenvalue weighted by Crippen LogP contribution is 2.20.